The van der Waals surface area contributed by atoms with Crippen molar-refractivity contribution in [3.8, 4) is 0 Å². The smallest absolute Gasteiger partial charge is 0.336 e. The minimum absolute atomic E-state index is 0.00556. The van der Waals surface area contributed by atoms with Gasteiger partial charge in [-0.1, -0.05) is 11.8 Å². The third-order valence-electron chi connectivity index (χ3n) is 2.29. The van der Waals surface area contributed by atoms with Crippen molar-refractivity contribution in [1.29, 1.82) is 0 Å². The van der Waals surface area contributed by atoms with Crippen LogP contribution in [0.25, 0.3) is 0 Å². The van der Waals surface area contributed by atoms with Crippen molar-refractivity contribution in [3.63, 3.8) is 0 Å². The van der Waals surface area contributed by atoms with Crippen LogP contribution >= 0.6 is 11.8 Å². The second-order valence-electron chi connectivity index (χ2n) is 3.53. The Morgan fingerprint density at radius 3 is 2.53 bits per heavy atom. The summed E-state index contributed by atoms with van der Waals surface area (Å²) in [6.07, 6.45) is 2.86. The van der Waals surface area contributed by atoms with Gasteiger partial charge in [0.05, 0.1) is 10.5 Å². The Morgan fingerprint density at radius 2 is 1.95 bits per heavy atom. The number of carboxylic acids is 1. The fourth-order valence-corrected chi connectivity index (χ4v) is 2.31. The van der Waals surface area contributed by atoms with Crippen molar-refractivity contribution in [1.82, 2.24) is 4.98 Å². The molecule has 1 heterocycles. The van der Waals surface area contributed by atoms with E-state index in [1.165, 1.54) is 42.4 Å². The molecule has 0 aliphatic heterocycles. The number of nitrogens with zero attached hydrogens (tertiary/aromatic N) is 2. The zero-order valence-corrected chi connectivity index (χ0v) is 10.3. The van der Waals surface area contributed by atoms with Gasteiger partial charge in [0.1, 0.15) is 0 Å². The molecule has 2 aromatic rings. The molecule has 0 fully saturated rings. The van der Waals surface area contributed by atoms with Crippen LogP contribution in [0.15, 0.2) is 52.5 Å². The fourth-order valence-electron chi connectivity index (χ4n) is 1.40. The number of benzene rings is 1. The van der Waals surface area contributed by atoms with E-state index >= 15 is 0 Å². The van der Waals surface area contributed by atoms with Gasteiger partial charge in [-0.2, -0.15) is 0 Å². The van der Waals surface area contributed by atoms with E-state index in [0.717, 1.165) is 0 Å². The topological polar surface area (TPSA) is 93.3 Å². The normalized spacial score (nSPS) is 10.1. The van der Waals surface area contributed by atoms with Gasteiger partial charge in [-0.05, 0) is 18.2 Å². The van der Waals surface area contributed by atoms with E-state index in [4.69, 9.17) is 5.11 Å². The van der Waals surface area contributed by atoms with Gasteiger partial charge in [0.2, 0.25) is 0 Å². The Kier molecular flexibility index (Phi) is 3.76. The summed E-state index contributed by atoms with van der Waals surface area (Å²) in [5, 5.41) is 19.6. The molecule has 7 heteroatoms. The van der Waals surface area contributed by atoms with Gasteiger partial charge in [0.25, 0.3) is 5.69 Å². The van der Waals surface area contributed by atoms with Crippen LogP contribution in [0.5, 0.6) is 0 Å². The minimum atomic E-state index is -1.04. The zero-order valence-electron chi connectivity index (χ0n) is 9.52. The average Bonchev–Trinajstić information content (AvgIpc) is 2.39. The quantitative estimate of drug-likeness (QED) is 0.681. The maximum absolute atomic E-state index is 11.0. The molecule has 0 atom stereocenters. The number of carboxylic acid groups (broad SMARTS) is 1. The number of non-ortho nitro benzene ring substituents is 1. The first kappa shape index (κ1) is 13.0. The highest BCUT2D eigenvalue weighted by molar-refractivity contribution is 7.99. The number of aromatic nitrogens is 1. The molecule has 0 amide bonds. The summed E-state index contributed by atoms with van der Waals surface area (Å²) in [5.74, 6) is -1.04. The zero-order chi connectivity index (χ0) is 13.8. The summed E-state index contributed by atoms with van der Waals surface area (Å²) in [6, 6.07) is 7.30. The SMILES string of the molecule is O=C(O)c1ccncc1Sc1ccc([N+](=O)[O-])cc1. The molecule has 0 saturated carbocycles. The van der Waals surface area contributed by atoms with E-state index in [-0.39, 0.29) is 11.3 Å². The summed E-state index contributed by atoms with van der Waals surface area (Å²) in [4.78, 5) is 26.1. The number of carbonyl (C=O) groups is 1. The number of pyridine rings is 1. The number of rotatable bonds is 4. The van der Waals surface area contributed by atoms with Crippen molar-refractivity contribution >= 4 is 23.4 Å². The second kappa shape index (κ2) is 5.49. The van der Waals surface area contributed by atoms with Crippen molar-refractivity contribution in [2.24, 2.45) is 0 Å². The molecular formula is C12H8N2O4S. The van der Waals surface area contributed by atoms with Crippen LogP contribution in [0.4, 0.5) is 5.69 Å². The van der Waals surface area contributed by atoms with Crippen LogP contribution in [0, 0.1) is 10.1 Å². The van der Waals surface area contributed by atoms with Crippen LogP contribution in [0.2, 0.25) is 0 Å². The van der Waals surface area contributed by atoms with E-state index < -0.39 is 10.9 Å². The second-order valence-corrected chi connectivity index (χ2v) is 4.65. The predicted molar refractivity (Wildman–Crippen MR) is 68.4 cm³/mol. The standard InChI is InChI=1S/C12H8N2O4S/c15-12(16)10-5-6-13-7-11(10)19-9-3-1-8(2-4-9)14(17)18/h1-7H,(H,15,16). The molecule has 6 nitrogen and oxygen atoms in total. The first-order valence-electron chi connectivity index (χ1n) is 5.17. The molecule has 1 N–H and O–H groups in total. The summed E-state index contributed by atoms with van der Waals surface area (Å²) >= 11 is 1.20. The molecule has 1 aromatic carbocycles. The van der Waals surface area contributed by atoms with Gasteiger partial charge >= 0.3 is 5.97 Å². The molecule has 0 spiro atoms. The van der Waals surface area contributed by atoms with Crippen molar-refractivity contribution in [3.05, 3.63) is 58.4 Å². The van der Waals surface area contributed by atoms with Gasteiger partial charge in [0.15, 0.2) is 0 Å². The number of hydrogen-bond acceptors (Lipinski definition) is 5. The summed E-state index contributed by atoms with van der Waals surface area (Å²) in [6.45, 7) is 0. The first-order chi connectivity index (χ1) is 9.08. The first-order valence-corrected chi connectivity index (χ1v) is 5.99. The molecule has 0 bridgehead atoms. The van der Waals surface area contributed by atoms with E-state index in [2.05, 4.69) is 4.98 Å². The van der Waals surface area contributed by atoms with E-state index in [1.54, 1.807) is 12.1 Å². The third kappa shape index (κ3) is 3.08. The Labute approximate surface area is 112 Å². The van der Waals surface area contributed by atoms with Crippen molar-refractivity contribution < 1.29 is 14.8 Å². The molecule has 0 unspecified atom stereocenters. The average molecular weight is 276 g/mol. The highest BCUT2D eigenvalue weighted by Crippen LogP contribution is 2.30. The van der Waals surface area contributed by atoms with Crippen LogP contribution < -0.4 is 0 Å². The van der Waals surface area contributed by atoms with Gasteiger partial charge in [-0.15, -0.1) is 0 Å². The molecule has 0 aliphatic carbocycles. The van der Waals surface area contributed by atoms with Crippen LogP contribution in [-0.4, -0.2) is 21.0 Å². The third-order valence-corrected chi connectivity index (χ3v) is 3.34. The molecule has 0 saturated heterocycles. The lowest BCUT2D eigenvalue weighted by Crippen LogP contribution is -1.98. The van der Waals surface area contributed by atoms with Crippen molar-refractivity contribution in [2.75, 3.05) is 0 Å². The highest BCUT2D eigenvalue weighted by atomic mass is 32.2. The summed E-state index contributed by atoms with van der Waals surface area (Å²) in [7, 11) is 0. The largest absolute Gasteiger partial charge is 0.478 e. The molecule has 0 radical (unpaired) electrons. The van der Waals surface area contributed by atoms with E-state index in [9.17, 15) is 14.9 Å². The lowest BCUT2D eigenvalue weighted by Gasteiger charge is -2.04. The maximum atomic E-state index is 11.0. The van der Waals surface area contributed by atoms with Crippen LogP contribution in [-0.2, 0) is 0 Å². The monoisotopic (exact) mass is 276 g/mol. The lowest BCUT2D eigenvalue weighted by molar-refractivity contribution is -0.384. The lowest BCUT2D eigenvalue weighted by atomic mass is 10.3. The fraction of sp³-hybridized carbons (Fsp3) is 0. The molecule has 0 aliphatic rings. The molecule has 1 aromatic heterocycles. The number of nitro groups is 1. The van der Waals surface area contributed by atoms with Gasteiger partial charge < -0.3 is 5.11 Å². The van der Waals surface area contributed by atoms with Crippen LogP contribution in [0.3, 0.4) is 0 Å². The molecular weight excluding hydrogens is 268 g/mol. The maximum Gasteiger partial charge on any atom is 0.336 e. The minimum Gasteiger partial charge on any atom is -0.478 e. The molecule has 96 valence electrons. The number of aromatic carboxylic acids is 1. The van der Waals surface area contributed by atoms with Gasteiger partial charge in [0, 0.05) is 34.3 Å². The molecule has 2 rings (SSSR count). The van der Waals surface area contributed by atoms with Gasteiger partial charge in [-0.3, -0.25) is 15.1 Å². The van der Waals surface area contributed by atoms with E-state index in [1.807, 2.05) is 0 Å². The number of hydrogen-bond donors (Lipinski definition) is 1. The van der Waals surface area contributed by atoms with Crippen LogP contribution in [0.1, 0.15) is 10.4 Å². The predicted octanol–water partition coefficient (Wildman–Crippen LogP) is 2.84. The Balaban J connectivity index is 2.26. The Hall–Kier alpha value is -2.41. The Morgan fingerprint density at radius 1 is 1.26 bits per heavy atom. The van der Waals surface area contributed by atoms with Crippen molar-refractivity contribution in [2.45, 2.75) is 9.79 Å². The summed E-state index contributed by atoms with van der Waals surface area (Å²) < 4.78 is 0. The highest BCUT2D eigenvalue weighted by Gasteiger charge is 2.11. The van der Waals surface area contributed by atoms with Gasteiger partial charge in [-0.25, -0.2) is 4.79 Å². The Bertz CT molecular complexity index is 628. The van der Waals surface area contributed by atoms with E-state index in [0.29, 0.717) is 9.79 Å². The summed E-state index contributed by atoms with van der Waals surface area (Å²) in [5.41, 5.74) is 0.146. The number of nitro benzene ring substituents is 1. The molecule has 19 heavy (non-hydrogen) atoms.